The number of fused-ring (bicyclic) bond motifs is 1. The van der Waals surface area contributed by atoms with Crippen LogP contribution in [0, 0.1) is 11.7 Å². The van der Waals surface area contributed by atoms with E-state index in [4.69, 9.17) is 4.74 Å². The number of benzene rings is 2. The molecule has 0 unspecified atom stereocenters. The molecule has 1 aliphatic heterocycles. The van der Waals surface area contributed by atoms with E-state index in [1.807, 2.05) is 0 Å². The minimum absolute atomic E-state index is 0.00499. The monoisotopic (exact) mass is 500 g/mol. The second-order valence-corrected chi connectivity index (χ2v) is 12.4. The summed E-state index contributed by atoms with van der Waals surface area (Å²) in [5.74, 6) is -0.786. The Morgan fingerprint density at radius 3 is 2.52 bits per heavy atom. The highest BCUT2D eigenvalue weighted by molar-refractivity contribution is 7.89. The second-order valence-electron chi connectivity index (χ2n) is 8.46. The Labute approximate surface area is 194 Å². The molecule has 0 bridgehead atoms. The number of sulfonamides is 2. The maximum Gasteiger partial charge on any atom is 0.247 e. The topological polar surface area (TPSA) is 104 Å². The molecule has 1 aliphatic rings. The molecule has 0 fully saturated rings. The van der Waals surface area contributed by atoms with Crippen molar-refractivity contribution in [1.29, 1.82) is 0 Å². The third kappa shape index (κ3) is 5.55. The summed E-state index contributed by atoms with van der Waals surface area (Å²) in [5, 5.41) is 9.69. The fourth-order valence-corrected chi connectivity index (χ4v) is 5.92. The lowest BCUT2D eigenvalue weighted by Gasteiger charge is -2.37. The number of nitrogens with zero attached hydrogens (tertiary/aromatic N) is 2. The Balaban J connectivity index is 2.15. The maximum absolute atomic E-state index is 13.8. The van der Waals surface area contributed by atoms with Gasteiger partial charge < -0.3 is 9.84 Å². The van der Waals surface area contributed by atoms with E-state index >= 15 is 0 Å². The van der Waals surface area contributed by atoms with Crippen molar-refractivity contribution in [1.82, 2.24) is 8.61 Å². The van der Waals surface area contributed by atoms with Gasteiger partial charge in [0.25, 0.3) is 0 Å². The van der Waals surface area contributed by atoms with E-state index in [0.717, 1.165) is 10.6 Å². The van der Waals surface area contributed by atoms with Gasteiger partial charge in [0.1, 0.15) is 22.6 Å². The van der Waals surface area contributed by atoms with Crippen molar-refractivity contribution in [2.45, 2.75) is 30.9 Å². The molecule has 0 saturated heterocycles. The maximum atomic E-state index is 13.8. The number of ether oxygens (including phenoxy) is 1. The molecule has 0 amide bonds. The molecule has 0 aliphatic carbocycles. The standard InChI is InChI=1S/C22H29FN2O6S2/c1-15-12-25(16(2)14-26)33(29,30)22-9-8-18(17-6-5-7-19(23)10-17)11-20(22)31-21(15)13-24(3)32(4,27)28/h5-11,15-16,21,26H,12-14H2,1-4H3/t15-,16-,21-/m0/s1. The largest absolute Gasteiger partial charge is 0.487 e. The molecule has 182 valence electrons. The molecule has 3 atom stereocenters. The lowest BCUT2D eigenvalue weighted by molar-refractivity contribution is 0.0906. The molecule has 3 rings (SSSR count). The first-order valence-electron chi connectivity index (χ1n) is 10.4. The molecular weight excluding hydrogens is 471 g/mol. The number of likely N-dealkylation sites (N-methyl/N-ethyl adjacent to an activating group) is 1. The van der Waals surface area contributed by atoms with Gasteiger partial charge in [0.15, 0.2) is 0 Å². The molecule has 1 N–H and O–H groups in total. The number of aliphatic hydroxyl groups is 1. The highest BCUT2D eigenvalue weighted by atomic mass is 32.2. The molecule has 8 nitrogen and oxygen atoms in total. The molecule has 33 heavy (non-hydrogen) atoms. The van der Waals surface area contributed by atoms with Crippen LogP contribution < -0.4 is 4.74 Å². The molecule has 0 spiro atoms. The predicted octanol–water partition coefficient (Wildman–Crippen LogP) is 2.15. The van der Waals surface area contributed by atoms with Crippen molar-refractivity contribution >= 4 is 20.0 Å². The van der Waals surface area contributed by atoms with Gasteiger partial charge in [-0.1, -0.05) is 25.1 Å². The van der Waals surface area contributed by atoms with Crippen LogP contribution in [0.2, 0.25) is 0 Å². The van der Waals surface area contributed by atoms with Crippen LogP contribution in [0.1, 0.15) is 13.8 Å². The summed E-state index contributed by atoms with van der Waals surface area (Å²) in [7, 11) is -6.10. The summed E-state index contributed by atoms with van der Waals surface area (Å²) in [6.07, 6.45) is 0.413. The van der Waals surface area contributed by atoms with E-state index in [1.54, 1.807) is 32.0 Å². The van der Waals surface area contributed by atoms with Crippen LogP contribution in [0.4, 0.5) is 4.39 Å². The first kappa shape index (κ1) is 25.6. The highest BCUT2D eigenvalue weighted by Crippen LogP contribution is 2.36. The van der Waals surface area contributed by atoms with Crippen molar-refractivity contribution in [2.75, 3.05) is 33.0 Å². The van der Waals surface area contributed by atoms with Gasteiger partial charge in [-0.15, -0.1) is 0 Å². The van der Waals surface area contributed by atoms with Crippen LogP contribution >= 0.6 is 0 Å². The van der Waals surface area contributed by atoms with Gasteiger partial charge in [-0.05, 0) is 42.3 Å². The first-order chi connectivity index (χ1) is 15.3. The molecule has 0 saturated carbocycles. The number of rotatable bonds is 6. The summed E-state index contributed by atoms with van der Waals surface area (Å²) in [5.41, 5.74) is 1.09. The number of halogens is 1. The third-order valence-corrected chi connectivity index (χ3v) is 9.13. The zero-order valence-electron chi connectivity index (χ0n) is 19.0. The minimum Gasteiger partial charge on any atom is -0.487 e. The van der Waals surface area contributed by atoms with Crippen molar-refractivity contribution in [3.05, 3.63) is 48.3 Å². The molecule has 1 heterocycles. The fraction of sp³-hybridized carbons (Fsp3) is 0.455. The van der Waals surface area contributed by atoms with Gasteiger partial charge in [0.05, 0.1) is 19.4 Å². The smallest absolute Gasteiger partial charge is 0.247 e. The van der Waals surface area contributed by atoms with E-state index < -0.39 is 43.9 Å². The summed E-state index contributed by atoms with van der Waals surface area (Å²) in [6.45, 7) is 3.04. The van der Waals surface area contributed by atoms with Crippen LogP contribution in [0.3, 0.4) is 0 Å². The Bertz CT molecular complexity index is 1220. The number of hydrogen-bond acceptors (Lipinski definition) is 6. The molecule has 0 aromatic heterocycles. The van der Waals surface area contributed by atoms with Crippen molar-refractivity contribution in [2.24, 2.45) is 5.92 Å². The first-order valence-corrected chi connectivity index (χ1v) is 13.7. The highest BCUT2D eigenvalue weighted by Gasteiger charge is 2.38. The van der Waals surface area contributed by atoms with E-state index in [-0.39, 0.29) is 30.3 Å². The van der Waals surface area contributed by atoms with E-state index in [2.05, 4.69) is 0 Å². The van der Waals surface area contributed by atoms with Gasteiger partial charge >= 0.3 is 0 Å². The van der Waals surface area contributed by atoms with Crippen LogP contribution in [0.25, 0.3) is 11.1 Å². The van der Waals surface area contributed by atoms with Crippen molar-refractivity contribution < 1.29 is 31.1 Å². The van der Waals surface area contributed by atoms with Gasteiger partial charge in [0.2, 0.25) is 20.0 Å². The average Bonchev–Trinajstić information content (AvgIpc) is 2.74. The Morgan fingerprint density at radius 1 is 1.24 bits per heavy atom. The molecule has 11 heteroatoms. The number of hydrogen-bond donors (Lipinski definition) is 1. The summed E-state index contributed by atoms with van der Waals surface area (Å²) in [6, 6.07) is 9.68. The quantitative estimate of drug-likeness (QED) is 0.652. The zero-order chi connectivity index (χ0) is 24.6. The van der Waals surface area contributed by atoms with Crippen LogP contribution in [-0.4, -0.2) is 75.7 Å². The van der Waals surface area contributed by atoms with Gasteiger partial charge in [-0.3, -0.25) is 0 Å². The Kier molecular flexibility index (Phi) is 7.49. The van der Waals surface area contributed by atoms with Crippen LogP contribution in [-0.2, 0) is 20.0 Å². The van der Waals surface area contributed by atoms with Crippen LogP contribution in [0.5, 0.6) is 5.75 Å². The van der Waals surface area contributed by atoms with Crippen LogP contribution in [0.15, 0.2) is 47.4 Å². The summed E-state index contributed by atoms with van der Waals surface area (Å²) in [4.78, 5) is -0.0955. The van der Waals surface area contributed by atoms with Gasteiger partial charge in [-0.2, -0.15) is 4.31 Å². The minimum atomic E-state index is -4.03. The molecule has 2 aromatic rings. The zero-order valence-corrected chi connectivity index (χ0v) is 20.6. The number of aliphatic hydroxyl groups excluding tert-OH is 1. The molecule has 2 aromatic carbocycles. The summed E-state index contributed by atoms with van der Waals surface area (Å²) >= 11 is 0. The molecular formula is C22H29FN2O6S2. The van der Waals surface area contributed by atoms with Crippen molar-refractivity contribution in [3.63, 3.8) is 0 Å². The molecule has 0 radical (unpaired) electrons. The normalized spacial score (nSPS) is 22.2. The summed E-state index contributed by atoms with van der Waals surface area (Å²) < 4.78 is 73.2. The lowest BCUT2D eigenvalue weighted by atomic mass is 10.0. The third-order valence-electron chi connectivity index (χ3n) is 5.83. The second kappa shape index (κ2) is 9.67. The van der Waals surface area contributed by atoms with E-state index in [0.29, 0.717) is 11.1 Å². The van der Waals surface area contributed by atoms with Gasteiger partial charge in [0, 0.05) is 25.6 Å². The predicted molar refractivity (Wildman–Crippen MR) is 123 cm³/mol. The van der Waals surface area contributed by atoms with E-state index in [1.165, 1.54) is 35.6 Å². The Hall–Kier alpha value is -2.05. The lowest BCUT2D eigenvalue weighted by Crippen LogP contribution is -2.50. The van der Waals surface area contributed by atoms with Gasteiger partial charge in [-0.25, -0.2) is 25.5 Å². The average molecular weight is 501 g/mol. The SMILES string of the molecule is C[C@H]1CN([C@@H](C)CO)S(=O)(=O)c2ccc(-c3cccc(F)c3)cc2O[C@H]1CN(C)S(C)(=O)=O. The Morgan fingerprint density at radius 2 is 1.91 bits per heavy atom. The van der Waals surface area contributed by atoms with Crippen molar-refractivity contribution in [3.8, 4) is 16.9 Å². The van der Waals surface area contributed by atoms with E-state index in [9.17, 15) is 26.3 Å². The fourth-order valence-electron chi connectivity index (χ4n) is 3.68.